The largest absolute Gasteiger partial charge is 0.439 e. The molecule has 210 valence electrons. The van der Waals surface area contributed by atoms with Crippen molar-refractivity contribution in [1.82, 2.24) is 25.7 Å². The maximum Gasteiger partial charge on any atom is 0.287 e. The van der Waals surface area contributed by atoms with Crippen LogP contribution < -0.4 is 16.0 Å². The van der Waals surface area contributed by atoms with Crippen LogP contribution in [0.3, 0.4) is 0 Å². The van der Waals surface area contributed by atoms with Crippen molar-refractivity contribution in [3.05, 3.63) is 62.1 Å². The lowest BCUT2D eigenvalue weighted by atomic mass is 9.81. The number of aryl methyl sites for hydroxylation is 1. The average Bonchev–Trinajstić information content (AvgIpc) is 3.45. The third-order valence-corrected chi connectivity index (χ3v) is 7.87. The second-order valence-electron chi connectivity index (χ2n) is 9.31. The number of aliphatic hydroxyl groups is 2. The summed E-state index contributed by atoms with van der Waals surface area (Å²) in [4.78, 5) is 25.7. The summed E-state index contributed by atoms with van der Waals surface area (Å²) in [5.74, 6) is -0.972. The predicted octanol–water partition coefficient (Wildman–Crippen LogP) is 3.40. The van der Waals surface area contributed by atoms with Crippen LogP contribution in [0.1, 0.15) is 34.9 Å². The molecule has 3 aromatic rings. The van der Waals surface area contributed by atoms with E-state index in [4.69, 9.17) is 55.9 Å². The minimum absolute atomic E-state index is 0.00379. The van der Waals surface area contributed by atoms with Crippen LogP contribution in [0, 0.1) is 0 Å². The fourth-order valence-corrected chi connectivity index (χ4v) is 5.40. The highest BCUT2D eigenvalue weighted by Gasteiger charge is 2.34. The number of rotatable bonds is 9. The van der Waals surface area contributed by atoms with Gasteiger partial charge in [-0.05, 0) is 35.7 Å². The summed E-state index contributed by atoms with van der Waals surface area (Å²) < 4.78 is 7.09. The molecule has 10 nitrogen and oxygen atoms in total. The van der Waals surface area contributed by atoms with Crippen molar-refractivity contribution >= 4 is 58.2 Å². The Morgan fingerprint density at radius 2 is 1.97 bits per heavy atom. The van der Waals surface area contributed by atoms with E-state index in [1.165, 1.54) is 16.9 Å². The number of benzene rings is 1. The number of carbonyl (C=O) groups excluding carboxylic acids is 2. The number of hydrogen-bond donors (Lipinski definition) is 5. The molecule has 2 unspecified atom stereocenters. The zero-order valence-corrected chi connectivity index (χ0v) is 23.8. The molecule has 0 bridgehead atoms. The molecular formula is C25H27Cl4N5O5. The summed E-state index contributed by atoms with van der Waals surface area (Å²) in [6.45, 7) is -0.141. The van der Waals surface area contributed by atoms with Crippen LogP contribution in [0.4, 0.5) is 0 Å². The van der Waals surface area contributed by atoms with Gasteiger partial charge in [0.25, 0.3) is 5.91 Å². The lowest BCUT2D eigenvalue weighted by Crippen LogP contribution is -2.54. The lowest BCUT2D eigenvalue weighted by Gasteiger charge is -2.37. The third kappa shape index (κ3) is 7.07. The van der Waals surface area contributed by atoms with Crippen LogP contribution in [0.15, 0.2) is 34.9 Å². The van der Waals surface area contributed by atoms with E-state index >= 15 is 0 Å². The highest BCUT2D eigenvalue weighted by atomic mass is 35.5. The molecule has 1 aromatic carbocycles. The minimum atomic E-state index is -1.03. The summed E-state index contributed by atoms with van der Waals surface area (Å²) in [7, 11) is 1.70. The van der Waals surface area contributed by atoms with Crippen LogP contribution in [0.25, 0.3) is 11.3 Å². The molecule has 1 saturated heterocycles. The van der Waals surface area contributed by atoms with Gasteiger partial charge in [-0.2, -0.15) is 5.10 Å². The first-order valence-corrected chi connectivity index (χ1v) is 13.6. The Labute approximate surface area is 244 Å². The molecular weight excluding hydrogens is 592 g/mol. The highest BCUT2D eigenvalue weighted by Crippen LogP contribution is 2.36. The Morgan fingerprint density at radius 1 is 1.21 bits per heavy atom. The molecule has 4 atom stereocenters. The van der Waals surface area contributed by atoms with Gasteiger partial charge in [-0.15, -0.1) is 0 Å². The molecule has 2 aromatic heterocycles. The van der Waals surface area contributed by atoms with Crippen molar-refractivity contribution in [3.63, 3.8) is 0 Å². The minimum Gasteiger partial charge on any atom is -0.439 e. The second kappa shape index (κ2) is 12.9. The maximum atomic E-state index is 13.3. The van der Waals surface area contributed by atoms with Gasteiger partial charge in [0.1, 0.15) is 0 Å². The molecule has 1 aliphatic rings. The van der Waals surface area contributed by atoms with E-state index in [9.17, 15) is 14.7 Å². The molecule has 0 aliphatic carbocycles. The Balaban J connectivity index is 1.51. The Morgan fingerprint density at radius 3 is 2.64 bits per heavy atom. The quantitative estimate of drug-likeness (QED) is 0.247. The normalized spacial score (nSPS) is 20.0. The third-order valence-electron chi connectivity index (χ3n) is 6.58. The monoisotopic (exact) mass is 617 g/mol. The van der Waals surface area contributed by atoms with Gasteiger partial charge in [0.05, 0.1) is 45.2 Å². The van der Waals surface area contributed by atoms with Gasteiger partial charge in [0.2, 0.25) is 11.1 Å². The Bertz CT molecular complexity index is 1330. The van der Waals surface area contributed by atoms with Crippen molar-refractivity contribution in [2.45, 2.75) is 36.9 Å². The molecule has 1 fully saturated rings. The van der Waals surface area contributed by atoms with E-state index in [1.54, 1.807) is 19.2 Å². The van der Waals surface area contributed by atoms with E-state index in [-0.39, 0.29) is 41.8 Å². The molecule has 39 heavy (non-hydrogen) atoms. The molecule has 4 rings (SSSR count). The van der Waals surface area contributed by atoms with Gasteiger partial charge in [0.15, 0.2) is 5.76 Å². The molecule has 0 radical (unpaired) electrons. The molecule has 2 amide bonds. The van der Waals surface area contributed by atoms with Gasteiger partial charge < -0.3 is 30.6 Å². The van der Waals surface area contributed by atoms with Crippen molar-refractivity contribution in [3.8, 4) is 11.3 Å². The van der Waals surface area contributed by atoms with Crippen LogP contribution in [0.5, 0.6) is 0 Å². The lowest BCUT2D eigenvalue weighted by molar-refractivity contribution is -0.122. The topological polar surface area (TPSA) is 142 Å². The van der Waals surface area contributed by atoms with E-state index in [2.05, 4.69) is 21.0 Å². The summed E-state index contributed by atoms with van der Waals surface area (Å²) in [5.41, 5.74) is 1.80. The van der Waals surface area contributed by atoms with Crippen molar-refractivity contribution in [2.75, 3.05) is 19.7 Å². The number of nitrogens with one attached hydrogen (secondary N) is 3. The van der Waals surface area contributed by atoms with Gasteiger partial charge in [-0.1, -0.05) is 40.9 Å². The maximum absolute atomic E-state index is 13.3. The second-order valence-corrected chi connectivity index (χ2v) is 10.9. The van der Waals surface area contributed by atoms with Gasteiger partial charge >= 0.3 is 0 Å². The molecule has 14 heteroatoms. The first-order valence-electron chi connectivity index (χ1n) is 12.1. The van der Waals surface area contributed by atoms with E-state index < -0.39 is 24.7 Å². The Kier molecular flexibility index (Phi) is 9.82. The van der Waals surface area contributed by atoms with E-state index in [1.807, 2.05) is 6.07 Å². The zero-order valence-electron chi connectivity index (χ0n) is 20.8. The van der Waals surface area contributed by atoms with Crippen molar-refractivity contribution in [1.29, 1.82) is 0 Å². The molecule has 5 N–H and O–H groups in total. The number of amides is 2. The zero-order chi connectivity index (χ0) is 28.3. The molecule has 1 aliphatic heterocycles. The van der Waals surface area contributed by atoms with Gasteiger partial charge in [-0.3, -0.25) is 14.3 Å². The first-order chi connectivity index (χ1) is 18.6. The van der Waals surface area contributed by atoms with Crippen molar-refractivity contribution in [2.24, 2.45) is 7.05 Å². The summed E-state index contributed by atoms with van der Waals surface area (Å²) >= 11 is 24.9. The van der Waals surface area contributed by atoms with Crippen LogP contribution in [-0.2, 0) is 11.8 Å². The average molecular weight is 619 g/mol. The summed E-state index contributed by atoms with van der Waals surface area (Å²) in [6.07, 6.45) is 1.08. The van der Waals surface area contributed by atoms with Crippen molar-refractivity contribution < 1.29 is 24.2 Å². The first kappa shape index (κ1) is 29.7. The van der Waals surface area contributed by atoms with Crippen LogP contribution in [-0.4, -0.2) is 69.7 Å². The number of hydrogen-bond acceptors (Lipinski definition) is 7. The number of halogens is 4. The van der Waals surface area contributed by atoms with E-state index in [0.29, 0.717) is 39.3 Å². The molecule has 3 heterocycles. The summed E-state index contributed by atoms with van der Waals surface area (Å²) in [5, 5.41) is 32.6. The number of nitrogens with zero attached hydrogens (tertiary/aromatic N) is 2. The van der Waals surface area contributed by atoms with Crippen LogP contribution >= 0.6 is 46.4 Å². The van der Waals surface area contributed by atoms with Gasteiger partial charge in [-0.25, -0.2) is 0 Å². The fraction of sp³-hybridized carbons (Fsp3) is 0.400. The van der Waals surface area contributed by atoms with E-state index in [0.717, 1.165) is 5.56 Å². The number of aromatic nitrogens is 2. The summed E-state index contributed by atoms with van der Waals surface area (Å²) in [6, 6.07) is 6.18. The SMILES string of the molecule is Cn1ncc(Cl)c1-c1cc(C(=O)N[C@@H]2CNC(CC(=O)NCC(O)CO)C[C@H]2c2ccc(Cl)c(Cl)c2)oc1Cl. The number of carbonyl (C=O) groups is 2. The molecule has 0 spiro atoms. The smallest absolute Gasteiger partial charge is 0.287 e. The highest BCUT2D eigenvalue weighted by molar-refractivity contribution is 6.42. The number of piperidine rings is 1. The standard InChI is InChI=1S/C25H27Cl4N5O5/c1-34-23(19(28)9-32-34)16-7-21(39-24(16)29)25(38)33-20-10-30-13(6-22(37)31-8-14(36)11-35)5-15(20)12-2-3-17(26)18(27)4-12/h2-4,7,9,13-15,20,30,35-36H,5-6,8,10-11H2,1H3,(H,31,37)(H,33,38)/t13?,14?,15-,20+/m0/s1. The number of aliphatic hydroxyl groups excluding tert-OH is 2. The number of furan rings is 1. The van der Waals surface area contributed by atoms with Gasteiger partial charge in [0, 0.05) is 50.6 Å². The molecule has 0 saturated carbocycles. The predicted molar refractivity (Wildman–Crippen MR) is 149 cm³/mol. The fourth-order valence-electron chi connectivity index (χ4n) is 4.60. The van der Waals surface area contributed by atoms with Crippen LogP contribution in [0.2, 0.25) is 20.3 Å². The Hall–Kier alpha value is -2.31.